The molecule has 0 saturated carbocycles. The molecule has 3 fully saturated rings. The number of hydrogen-bond acceptors (Lipinski definition) is 18. The van der Waals surface area contributed by atoms with Gasteiger partial charge in [-0.2, -0.15) is 0 Å². The molecule has 1 amide bonds. The first-order valence-corrected chi connectivity index (χ1v) is 37.8. The van der Waals surface area contributed by atoms with Crippen molar-refractivity contribution < 1.29 is 89.4 Å². The van der Waals surface area contributed by atoms with Crippen LogP contribution in [0.2, 0.25) is 0 Å². The molecule has 17 unspecified atom stereocenters. The van der Waals surface area contributed by atoms with Gasteiger partial charge in [-0.25, -0.2) is 0 Å². The zero-order valence-corrected chi connectivity index (χ0v) is 59.1. The number of allylic oxidation sites excluding steroid dienone is 13. The summed E-state index contributed by atoms with van der Waals surface area (Å²) in [5.74, 6) is -0.305. The molecule has 19 heteroatoms. The van der Waals surface area contributed by atoms with E-state index in [0.29, 0.717) is 12.8 Å². The van der Waals surface area contributed by atoms with Gasteiger partial charge in [-0.05, 0) is 77.0 Å². The number of hydrogen-bond donors (Lipinski definition) is 12. The summed E-state index contributed by atoms with van der Waals surface area (Å²) in [5, 5.41) is 121. The van der Waals surface area contributed by atoms with Gasteiger partial charge >= 0.3 is 0 Å². The van der Waals surface area contributed by atoms with E-state index in [1.54, 1.807) is 6.08 Å². The monoisotopic (exact) mass is 1360 g/mol. The van der Waals surface area contributed by atoms with Crippen LogP contribution in [0.1, 0.15) is 264 Å². The second-order valence-electron chi connectivity index (χ2n) is 26.7. The van der Waals surface area contributed by atoms with Crippen molar-refractivity contribution in [1.82, 2.24) is 5.32 Å². The van der Waals surface area contributed by atoms with Crippen LogP contribution in [0.5, 0.6) is 0 Å². The molecule has 17 atom stereocenters. The number of nitrogens with one attached hydrogen (secondary N) is 1. The van der Waals surface area contributed by atoms with Crippen LogP contribution in [0.4, 0.5) is 0 Å². The molecule has 12 N–H and O–H groups in total. The molecule has 0 aliphatic carbocycles. The number of rotatable bonds is 58. The van der Waals surface area contributed by atoms with Gasteiger partial charge < -0.3 is 89.9 Å². The molecule has 3 aliphatic rings. The van der Waals surface area contributed by atoms with Crippen LogP contribution < -0.4 is 5.32 Å². The van der Waals surface area contributed by atoms with E-state index < -0.39 is 124 Å². The molecule has 0 aromatic carbocycles. The predicted octanol–water partition coefficient (Wildman–Crippen LogP) is 11.4. The van der Waals surface area contributed by atoms with Gasteiger partial charge in [-0.3, -0.25) is 4.79 Å². The van der Waals surface area contributed by atoms with Gasteiger partial charge in [-0.15, -0.1) is 0 Å². The fourth-order valence-electron chi connectivity index (χ4n) is 12.4. The maximum atomic E-state index is 13.4. The molecule has 556 valence electrons. The highest BCUT2D eigenvalue weighted by Crippen LogP contribution is 2.33. The second-order valence-corrected chi connectivity index (χ2v) is 26.7. The normalized spacial score (nSPS) is 27.5. The second kappa shape index (κ2) is 57.6. The highest BCUT2D eigenvalue weighted by molar-refractivity contribution is 5.76. The quantitative estimate of drug-likeness (QED) is 0.0199. The van der Waals surface area contributed by atoms with Gasteiger partial charge in [0, 0.05) is 6.42 Å². The van der Waals surface area contributed by atoms with Crippen molar-refractivity contribution in [2.24, 2.45) is 0 Å². The summed E-state index contributed by atoms with van der Waals surface area (Å²) < 4.78 is 34.4. The van der Waals surface area contributed by atoms with Gasteiger partial charge in [0.1, 0.15) is 73.2 Å². The maximum Gasteiger partial charge on any atom is 0.220 e. The Morgan fingerprint density at radius 2 is 0.729 bits per heavy atom. The zero-order chi connectivity index (χ0) is 69.6. The summed E-state index contributed by atoms with van der Waals surface area (Å²) in [4.78, 5) is 13.4. The Labute approximate surface area is 578 Å². The summed E-state index contributed by atoms with van der Waals surface area (Å²) in [7, 11) is 0. The minimum Gasteiger partial charge on any atom is -0.394 e. The Morgan fingerprint density at radius 3 is 1.17 bits per heavy atom. The number of amides is 1. The smallest absolute Gasteiger partial charge is 0.220 e. The van der Waals surface area contributed by atoms with Gasteiger partial charge in [0.05, 0.1) is 38.6 Å². The fraction of sp³-hybridized carbons (Fsp3) is 0.805. The van der Waals surface area contributed by atoms with Gasteiger partial charge in [0.15, 0.2) is 18.9 Å². The van der Waals surface area contributed by atoms with Crippen molar-refractivity contribution in [2.45, 2.75) is 369 Å². The topological polar surface area (TPSA) is 307 Å². The lowest BCUT2D eigenvalue weighted by Gasteiger charge is -2.48. The third-order valence-electron chi connectivity index (χ3n) is 18.4. The molecule has 3 heterocycles. The molecule has 3 aliphatic heterocycles. The van der Waals surface area contributed by atoms with Gasteiger partial charge in [-0.1, -0.05) is 266 Å². The largest absolute Gasteiger partial charge is 0.394 e. The Hall–Kier alpha value is -3.03. The van der Waals surface area contributed by atoms with Crippen LogP contribution >= 0.6 is 0 Å². The highest BCUT2D eigenvalue weighted by atomic mass is 16.8. The third kappa shape index (κ3) is 38.1. The third-order valence-corrected chi connectivity index (χ3v) is 18.4. The molecule has 0 spiro atoms. The molecule has 0 aromatic heterocycles. The van der Waals surface area contributed by atoms with Gasteiger partial charge in [0.2, 0.25) is 5.91 Å². The Balaban J connectivity index is 1.42. The number of unbranched alkanes of at least 4 members (excludes halogenated alkanes) is 30. The number of carbonyl (C=O) groups is 1. The first-order chi connectivity index (χ1) is 46.8. The van der Waals surface area contributed by atoms with E-state index in [-0.39, 0.29) is 18.9 Å². The van der Waals surface area contributed by atoms with Crippen LogP contribution in [-0.4, -0.2) is 193 Å². The fourth-order valence-corrected chi connectivity index (χ4v) is 12.4. The van der Waals surface area contributed by atoms with E-state index in [2.05, 4.69) is 92.1 Å². The molecule has 0 bridgehead atoms. The maximum absolute atomic E-state index is 13.4. The van der Waals surface area contributed by atoms with Crippen LogP contribution in [-0.2, 0) is 33.2 Å². The number of carbonyl (C=O) groups excluding carboxylic acids is 1. The lowest BCUT2D eigenvalue weighted by molar-refractivity contribution is -0.379. The highest BCUT2D eigenvalue weighted by Gasteiger charge is 2.53. The first kappa shape index (κ1) is 87.2. The molecule has 19 nitrogen and oxygen atoms in total. The summed E-state index contributed by atoms with van der Waals surface area (Å²) >= 11 is 0. The minimum absolute atomic E-state index is 0.209. The van der Waals surface area contributed by atoms with Crippen LogP contribution in [0, 0.1) is 0 Å². The number of aliphatic hydroxyl groups excluding tert-OH is 11. The summed E-state index contributed by atoms with van der Waals surface area (Å²) in [6.07, 6.45) is 48.6. The Morgan fingerprint density at radius 1 is 0.385 bits per heavy atom. The molecule has 0 aromatic rings. The van der Waals surface area contributed by atoms with E-state index in [1.165, 1.54) is 148 Å². The van der Waals surface area contributed by atoms with E-state index in [9.17, 15) is 61.0 Å². The van der Waals surface area contributed by atoms with Crippen molar-refractivity contribution in [3.63, 3.8) is 0 Å². The summed E-state index contributed by atoms with van der Waals surface area (Å²) in [6.45, 7) is 1.60. The molecular formula is C77H135NO18. The average molecular weight is 1360 g/mol. The minimum atomic E-state index is -1.99. The standard InChI is InChI=1S/C77H135NO18/c1-3-5-7-9-11-13-15-17-19-21-23-25-26-27-28-29-30-31-32-33-35-36-38-40-42-44-46-48-50-52-54-61(82)60(78-65(83)55-53-51-49-47-45-43-41-39-37-34-24-22-20-18-16-14-12-10-8-6-4-2)59-91-75-71(89)68(86)73(63(57-80)93-75)96-77-72(90)69(87)74(64(58-81)94-77)95-76-70(88)67(85)66(84)62(56-79)92-76/h6,8,12,14,18,20,24,34,39,41,44,46,52,54,60-64,66-77,79-82,84-90H,3-5,7,9-11,13,15-17,19,21-23,25-33,35-38,40,42-43,45,47-51,53,55-59H2,1-2H3,(H,78,83)/b8-6-,14-12-,20-18-,34-24-,41-39-,46-44+,54-52+. The molecule has 3 saturated heterocycles. The van der Waals surface area contributed by atoms with Gasteiger partial charge in [0.25, 0.3) is 0 Å². The summed E-state index contributed by atoms with van der Waals surface area (Å²) in [5.41, 5.74) is 0. The van der Waals surface area contributed by atoms with Crippen molar-refractivity contribution >= 4 is 5.91 Å². The van der Waals surface area contributed by atoms with Crippen molar-refractivity contribution in [3.05, 3.63) is 85.1 Å². The van der Waals surface area contributed by atoms with Crippen molar-refractivity contribution in [3.8, 4) is 0 Å². The Kier molecular flexibility index (Phi) is 52.3. The average Bonchev–Trinajstić information content (AvgIpc) is 0.785. The lowest BCUT2D eigenvalue weighted by Crippen LogP contribution is -2.66. The molecule has 96 heavy (non-hydrogen) atoms. The van der Waals surface area contributed by atoms with E-state index in [4.69, 9.17) is 28.4 Å². The van der Waals surface area contributed by atoms with Crippen molar-refractivity contribution in [1.29, 1.82) is 0 Å². The van der Waals surface area contributed by atoms with E-state index in [1.807, 2.05) is 6.08 Å². The number of ether oxygens (including phenoxy) is 6. The molecule has 0 radical (unpaired) electrons. The van der Waals surface area contributed by atoms with Crippen LogP contribution in [0.15, 0.2) is 85.1 Å². The van der Waals surface area contributed by atoms with Crippen molar-refractivity contribution in [2.75, 3.05) is 26.4 Å². The SMILES string of the molecule is CC/C=C\C/C=C\C/C=C\C/C=C\C/C=C\CCCCCCCC(=O)NC(COC1OC(CO)C(OC2OC(CO)C(OC3OC(CO)C(O)C(O)C3O)C(O)C2O)C(O)C1O)C(O)/C=C/CC/C=C/CCCCCCCCCCCCCCCCCCCCCCCCCC. The Bertz CT molecular complexity index is 2070. The predicted molar refractivity (Wildman–Crippen MR) is 378 cm³/mol. The first-order valence-electron chi connectivity index (χ1n) is 37.8. The molecular weight excluding hydrogens is 1230 g/mol. The zero-order valence-electron chi connectivity index (χ0n) is 59.1. The van der Waals surface area contributed by atoms with E-state index >= 15 is 0 Å². The van der Waals surface area contributed by atoms with Crippen LogP contribution in [0.25, 0.3) is 0 Å². The van der Waals surface area contributed by atoms with E-state index in [0.717, 1.165) is 83.5 Å². The number of aliphatic hydroxyl groups is 11. The summed E-state index contributed by atoms with van der Waals surface area (Å²) in [6, 6.07) is -1.01. The molecule has 3 rings (SSSR count). The van der Waals surface area contributed by atoms with Crippen LogP contribution in [0.3, 0.4) is 0 Å². The lowest BCUT2D eigenvalue weighted by atomic mass is 9.96.